The summed E-state index contributed by atoms with van der Waals surface area (Å²) in [6.45, 7) is 30.4. The minimum Gasteiger partial charge on any atom is -0.302 e. The molecule has 80 heavy (non-hydrogen) atoms. The largest absolute Gasteiger partial charge is 0.302 e. The Labute approximate surface area is 483 Å². The molecule has 14 nitrogen and oxygen atoms in total. The second-order valence-electron chi connectivity index (χ2n) is 24.3. The first-order valence-electron chi connectivity index (χ1n) is 30.3. The normalized spacial score (nSPS) is 19.0. The van der Waals surface area contributed by atoms with Crippen LogP contribution in [0.3, 0.4) is 0 Å². The van der Waals surface area contributed by atoms with Crippen molar-refractivity contribution >= 4 is 54.3 Å². The highest BCUT2D eigenvalue weighted by atomic mass is 32.2. The van der Waals surface area contributed by atoms with Gasteiger partial charge < -0.3 is 10.8 Å². The van der Waals surface area contributed by atoms with Crippen molar-refractivity contribution in [2.24, 2.45) is 32.9 Å². The van der Waals surface area contributed by atoms with Gasteiger partial charge in [-0.15, -0.1) is 0 Å². The van der Waals surface area contributed by atoms with E-state index in [2.05, 4.69) is 108 Å². The van der Waals surface area contributed by atoms with Gasteiger partial charge in [-0.3, -0.25) is 10.9 Å². The number of nitrogens with one attached hydrogen (secondary N) is 4. The van der Waals surface area contributed by atoms with E-state index in [1.807, 2.05) is 18.2 Å². The summed E-state index contributed by atoms with van der Waals surface area (Å²) in [6.07, 6.45) is 20.3. The van der Waals surface area contributed by atoms with Crippen molar-refractivity contribution in [3.8, 4) is 0 Å². The maximum Gasteiger partial charge on any atom is 0.245 e. The molecule has 0 saturated carbocycles. The monoisotopic (exact) mass is 1140 g/mol. The first kappa shape index (κ1) is 65.9. The van der Waals surface area contributed by atoms with E-state index in [4.69, 9.17) is 20.2 Å². The average Bonchev–Trinajstić information content (AvgIpc) is 3.99. The Balaban J connectivity index is 1.49. The first-order chi connectivity index (χ1) is 38.0. The van der Waals surface area contributed by atoms with Crippen LogP contribution in [0.1, 0.15) is 223 Å². The highest BCUT2D eigenvalue weighted by molar-refractivity contribution is 7.89. The fourth-order valence-corrected chi connectivity index (χ4v) is 15.1. The number of hydrogen-bond donors (Lipinski definition) is 4. The molecule has 2 aromatic carbocycles. The zero-order valence-electron chi connectivity index (χ0n) is 51.3. The zero-order chi connectivity index (χ0) is 59.0. The standard InChI is InChI=1S/C64H100N10O4S2/c1-15-23-31-45(19-5)42-73(47(21-7)33-25-17-3)79(75,76)57-37-29-27-35-53(57)69-71-61-51(63(9,10)11)39-49(59(61)65)55-41-56(68-44-67-55)50-40-52(64(12,13)14)62(60(50)66)72-70-54-36-28-30-38-58(54)80(77,78)74(48(22-8)34-26-18-4)43-46(20-6)32-24-16-2/h27-30,35-41,44-50,65-66,69-70H,15-26,31-34,42-43H2,1-14H3. The van der Waals surface area contributed by atoms with Gasteiger partial charge in [0.1, 0.15) is 27.5 Å². The molecule has 0 aliphatic heterocycles. The smallest absolute Gasteiger partial charge is 0.245 e. The Morgan fingerprint density at radius 3 is 1.21 bits per heavy atom. The summed E-state index contributed by atoms with van der Waals surface area (Å²) in [7, 11) is -7.96. The van der Waals surface area contributed by atoms with Gasteiger partial charge in [-0.2, -0.15) is 18.8 Å². The van der Waals surface area contributed by atoms with E-state index in [0.717, 1.165) is 101 Å². The molecule has 4 N–H and O–H groups in total. The lowest BCUT2D eigenvalue weighted by atomic mass is 9.85. The fourth-order valence-electron chi connectivity index (χ4n) is 11.2. The van der Waals surface area contributed by atoms with Crippen LogP contribution in [0, 0.1) is 33.5 Å². The first-order valence-corrected chi connectivity index (χ1v) is 33.2. The molecule has 16 heteroatoms. The minimum absolute atomic E-state index is 0.135. The SMILES string of the molecule is CCCCC(CC)CN(C(CC)CCCC)S(=O)(=O)c1ccccc1NN=C1C(=N)C(c2cc(C3C=C(C(C)(C)C)C(=NNc4ccccc4S(=O)(=O)N(CC(CC)CCCC)C(CC)CCCC)C3=N)ncn2)C=C1C(C)(C)C. The molecule has 6 atom stereocenters. The van der Waals surface area contributed by atoms with Crippen LogP contribution in [0.25, 0.3) is 0 Å². The van der Waals surface area contributed by atoms with Crippen LogP contribution in [-0.4, -0.2) is 83.4 Å². The van der Waals surface area contributed by atoms with Gasteiger partial charge in [0.2, 0.25) is 20.0 Å². The molecule has 5 rings (SSSR count). The molecule has 1 aromatic heterocycles. The Kier molecular flexibility index (Phi) is 24.6. The summed E-state index contributed by atoms with van der Waals surface area (Å²) in [5, 5.41) is 29.2. The Bertz CT molecular complexity index is 2710. The Morgan fingerprint density at radius 1 is 0.537 bits per heavy atom. The molecular weight excluding hydrogens is 1040 g/mol. The van der Waals surface area contributed by atoms with Crippen molar-refractivity contribution in [1.82, 2.24) is 18.6 Å². The van der Waals surface area contributed by atoms with Gasteiger partial charge in [-0.05, 0) is 103 Å². The molecule has 0 spiro atoms. The van der Waals surface area contributed by atoms with Gasteiger partial charge in [-0.1, -0.05) is 198 Å². The lowest BCUT2D eigenvalue weighted by molar-refractivity contribution is 0.243. The molecule has 0 fully saturated rings. The van der Waals surface area contributed by atoms with Crippen LogP contribution in [-0.2, 0) is 20.0 Å². The number of allylic oxidation sites excluding steroid dienone is 4. The summed E-state index contributed by atoms with van der Waals surface area (Å²) in [6, 6.07) is 15.5. The highest BCUT2D eigenvalue weighted by Gasteiger charge is 2.41. The highest BCUT2D eigenvalue weighted by Crippen LogP contribution is 2.41. The number of aromatic nitrogens is 2. The third kappa shape index (κ3) is 16.2. The van der Waals surface area contributed by atoms with Gasteiger partial charge in [0, 0.05) is 25.2 Å². The predicted octanol–water partition coefficient (Wildman–Crippen LogP) is 15.9. The molecule has 0 bridgehead atoms. The Morgan fingerprint density at radius 2 is 0.887 bits per heavy atom. The number of hydrogen-bond acceptors (Lipinski definition) is 12. The van der Waals surface area contributed by atoms with Gasteiger partial charge in [0.25, 0.3) is 0 Å². The average molecular weight is 1140 g/mol. The number of nitrogens with zero attached hydrogens (tertiary/aromatic N) is 6. The maximum atomic E-state index is 15.0. The number of rotatable bonds is 32. The van der Waals surface area contributed by atoms with Crippen LogP contribution in [0.5, 0.6) is 0 Å². The van der Waals surface area contributed by atoms with Crippen LogP contribution in [0.15, 0.2) is 104 Å². The number of hydrazone groups is 2. The van der Waals surface area contributed by atoms with Crippen molar-refractivity contribution < 1.29 is 16.8 Å². The van der Waals surface area contributed by atoms with E-state index in [1.54, 1.807) is 57.1 Å². The quantitative estimate of drug-likeness (QED) is 0.0443. The molecule has 6 unspecified atom stereocenters. The van der Waals surface area contributed by atoms with Crippen molar-refractivity contribution in [3.63, 3.8) is 0 Å². The van der Waals surface area contributed by atoms with Crippen molar-refractivity contribution in [2.75, 3.05) is 23.9 Å². The molecule has 0 amide bonds. The van der Waals surface area contributed by atoms with Gasteiger partial charge in [0.15, 0.2) is 0 Å². The lowest BCUT2D eigenvalue weighted by Gasteiger charge is -2.33. The second-order valence-corrected chi connectivity index (χ2v) is 28.1. The van der Waals surface area contributed by atoms with E-state index in [-0.39, 0.29) is 45.1 Å². The Hall–Kier alpha value is -4.90. The summed E-state index contributed by atoms with van der Waals surface area (Å²) in [4.78, 5) is 9.78. The van der Waals surface area contributed by atoms with Gasteiger partial charge in [0.05, 0.1) is 46.0 Å². The third-order valence-corrected chi connectivity index (χ3v) is 20.3. The lowest BCUT2D eigenvalue weighted by Crippen LogP contribution is -2.43. The van der Waals surface area contributed by atoms with E-state index < -0.39 is 42.7 Å². The molecular formula is C64H100N10O4S2. The van der Waals surface area contributed by atoms with Crippen molar-refractivity contribution in [3.05, 3.63) is 95.6 Å². The van der Waals surface area contributed by atoms with E-state index in [0.29, 0.717) is 60.1 Å². The summed E-state index contributed by atoms with van der Waals surface area (Å²) in [5.41, 5.74) is 10.1. The molecule has 2 aliphatic carbocycles. The number of anilines is 2. The topological polar surface area (TPSA) is 197 Å². The van der Waals surface area contributed by atoms with E-state index >= 15 is 16.8 Å². The second kappa shape index (κ2) is 29.9. The summed E-state index contributed by atoms with van der Waals surface area (Å²) >= 11 is 0. The predicted molar refractivity (Wildman–Crippen MR) is 335 cm³/mol. The van der Waals surface area contributed by atoms with E-state index in [1.165, 1.54) is 6.33 Å². The number of sulfonamides is 2. The zero-order valence-corrected chi connectivity index (χ0v) is 52.9. The molecule has 0 radical (unpaired) electrons. The van der Waals surface area contributed by atoms with Gasteiger partial charge >= 0.3 is 0 Å². The third-order valence-electron chi connectivity index (χ3n) is 16.3. The summed E-state index contributed by atoms with van der Waals surface area (Å²) < 4.78 is 63.7. The molecule has 442 valence electrons. The van der Waals surface area contributed by atoms with Crippen LogP contribution < -0.4 is 10.9 Å². The molecule has 3 aromatic rings. The minimum atomic E-state index is -3.98. The molecule has 0 saturated heterocycles. The van der Waals surface area contributed by atoms with E-state index in [9.17, 15) is 10.8 Å². The summed E-state index contributed by atoms with van der Waals surface area (Å²) in [5.74, 6) is -0.733. The van der Waals surface area contributed by atoms with Crippen LogP contribution in [0.2, 0.25) is 0 Å². The number of unbranched alkanes of at least 4 members (excludes halogenated alkanes) is 4. The number of benzene rings is 2. The maximum absolute atomic E-state index is 15.0. The number of para-hydroxylation sites is 2. The van der Waals surface area contributed by atoms with Crippen molar-refractivity contribution in [2.45, 2.75) is 233 Å². The van der Waals surface area contributed by atoms with Crippen LogP contribution in [0.4, 0.5) is 11.4 Å². The van der Waals surface area contributed by atoms with Gasteiger partial charge in [-0.25, -0.2) is 26.8 Å². The fraction of sp³-hybridized carbons (Fsp3) is 0.625. The molecule has 1 heterocycles. The van der Waals surface area contributed by atoms with Crippen molar-refractivity contribution in [1.29, 1.82) is 10.8 Å². The van der Waals surface area contributed by atoms with Crippen LogP contribution >= 0.6 is 0 Å². The molecule has 2 aliphatic rings.